The van der Waals surface area contributed by atoms with Crippen molar-refractivity contribution in [2.45, 2.75) is 6.92 Å². The average Bonchev–Trinajstić information content (AvgIpc) is 2.80. The summed E-state index contributed by atoms with van der Waals surface area (Å²) in [4.78, 5) is 27.2. The summed E-state index contributed by atoms with van der Waals surface area (Å²) in [6.45, 7) is 3.19. The van der Waals surface area contributed by atoms with Gasteiger partial charge in [0.15, 0.2) is 11.5 Å². The number of carbonyl (C=O) groups excluding carboxylic acids is 2. The summed E-state index contributed by atoms with van der Waals surface area (Å²) in [6, 6.07) is 5.17. The first kappa shape index (κ1) is 13.5. The van der Waals surface area contributed by atoms with Gasteiger partial charge in [-0.15, -0.1) is 0 Å². The van der Waals surface area contributed by atoms with E-state index in [9.17, 15) is 9.59 Å². The summed E-state index contributed by atoms with van der Waals surface area (Å²) in [5.41, 5.74) is 0.559. The van der Waals surface area contributed by atoms with E-state index in [0.29, 0.717) is 36.7 Å². The maximum Gasteiger partial charge on any atom is 0.254 e. The summed E-state index contributed by atoms with van der Waals surface area (Å²) in [5.74, 6) is 1.15. The Morgan fingerprint density at radius 3 is 2.76 bits per heavy atom. The summed E-state index contributed by atoms with van der Waals surface area (Å²) in [6.07, 6.45) is 3.55. The molecule has 6 heteroatoms. The maximum atomic E-state index is 12.5. The predicted octanol–water partition coefficient (Wildman–Crippen LogP) is 1.23. The molecule has 1 aromatic carbocycles. The van der Waals surface area contributed by atoms with Crippen molar-refractivity contribution in [2.24, 2.45) is 0 Å². The third kappa shape index (κ3) is 2.69. The normalized spacial score (nSPS) is 16.8. The minimum absolute atomic E-state index is 0.0244. The zero-order valence-corrected chi connectivity index (χ0v) is 11.7. The smallest absolute Gasteiger partial charge is 0.254 e. The van der Waals surface area contributed by atoms with Gasteiger partial charge >= 0.3 is 0 Å². The molecule has 2 aliphatic heterocycles. The number of fused-ring (bicyclic) bond motifs is 1. The Morgan fingerprint density at radius 2 is 1.95 bits per heavy atom. The lowest BCUT2D eigenvalue weighted by atomic mass is 10.1. The van der Waals surface area contributed by atoms with Crippen LogP contribution in [0.2, 0.25) is 0 Å². The van der Waals surface area contributed by atoms with Gasteiger partial charge in [0.1, 0.15) is 0 Å². The largest absolute Gasteiger partial charge is 0.454 e. The first-order chi connectivity index (χ1) is 10.1. The van der Waals surface area contributed by atoms with Crippen LogP contribution in [0.3, 0.4) is 0 Å². The predicted molar refractivity (Wildman–Crippen MR) is 75.0 cm³/mol. The highest BCUT2D eigenvalue weighted by Crippen LogP contribution is 2.32. The van der Waals surface area contributed by atoms with Crippen LogP contribution in [0.15, 0.2) is 30.5 Å². The van der Waals surface area contributed by atoms with E-state index in [0.717, 1.165) is 0 Å². The number of rotatable bonds is 1. The minimum Gasteiger partial charge on any atom is -0.454 e. The molecule has 0 bridgehead atoms. The molecule has 0 atom stereocenters. The van der Waals surface area contributed by atoms with Crippen molar-refractivity contribution in [1.29, 1.82) is 0 Å². The molecule has 0 radical (unpaired) electrons. The van der Waals surface area contributed by atoms with Gasteiger partial charge in [-0.05, 0) is 24.3 Å². The fraction of sp³-hybridized carbons (Fsp3) is 0.333. The van der Waals surface area contributed by atoms with E-state index in [2.05, 4.69) is 0 Å². The second-order valence-corrected chi connectivity index (χ2v) is 4.92. The summed E-state index contributed by atoms with van der Waals surface area (Å²) >= 11 is 0. The Balaban J connectivity index is 1.74. The van der Waals surface area contributed by atoms with E-state index in [1.807, 2.05) is 6.08 Å². The first-order valence-electron chi connectivity index (χ1n) is 6.78. The highest BCUT2D eigenvalue weighted by atomic mass is 16.7. The van der Waals surface area contributed by atoms with Gasteiger partial charge < -0.3 is 19.3 Å². The van der Waals surface area contributed by atoms with Crippen LogP contribution in [-0.4, -0.2) is 48.0 Å². The molecule has 0 N–H and O–H groups in total. The molecule has 1 aromatic rings. The molecule has 0 spiro atoms. The number of amides is 2. The highest BCUT2D eigenvalue weighted by Gasteiger charge is 2.21. The molecular formula is C15H16N2O4. The Morgan fingerprint density at radius 1 is 1.14 bits per heavy atom. The molecule has 0 fully saturated rings. The topological polar surface area (TPSA) is 59.1 Å². The van der Waals surface area contributed by atoms with Crippen LogP contribution in [0.25, 0.3) is 0 Å². The van der Waals surface area contributed by atoms with Gasteiger partial charge in [0.25, 0.3) is 5.91 Å². The van der Waals surface area contributed by atoms with Gasteiger partial charge in [0.2, 0.25) is 12.7 Å². The minimum atomic E-state index is -0.0802. The number of nitrogens with zero attached hydrogens (tertiary/aromatic N) is 2. The van der Waals surface area contributed by atoms with Gasteiger partial charge in [-0.25, -0.2) is 0 Å². The Kier molecular flexibility index (Phi) is 3.51. The Labute approximate surface area is 122 Å². The Hall–Kier alpha value is -2.50. The lowest BCUT2D eigenvalue weighted by molar-refractivity contribution is -0.126. The van der Waals surface area contributed by atoms with E-state index < -0.39 is 0 Å². The monoisotopic (exact) mass is 288 g/mol. The molecule has 2 aliphatic rings. The summed E-state index contributed by atoms with van der Waals surface area (Å²) in [7, 11) is 0. The fourth-order valence-electron chi connectivity index (χ4n) is 2.35. The van der Waals surface area contributed by atoms with E-state index >= 15 is 0 Å². The Bertz CT molecular complexity index is 612. The van der Waals surface area contributed by atoms with Gasteiger partial charge in [0.05, 0.1) is 0 Å². The van der Waals surface area contributed by atoms with Crippen LogP contribution in [-0.2, 0) is 4.79 Å². The lowest BCUT2D eigenvalue weighted by Gasteiger charge is -2.21. The molecule has 0 unspecified atom stereocenters. The van der Waals surface area contributed by atoms with Crippen molar-refractivity contribution >= 4 is 11.8 Å². The van der Waals surface area contributed by atoms with Crippen molar-refractivity contribution < 1.29 is 19.1 Å². The van der Waals surface area contributed by atoms with Crippen molar-refractivity contribution in [2.75, 3.05) is 26.4 Å². The van der Waals surface area contributed by atoms with Crippen LogP contribution in [0.4, 0.5) is 0 Å². The highest BCUT2D eigenvalue weighted by molar-refractivity contribution is 5.95. The molecule has 2 heterocycles. The van der Waals surface area contributed by atoms with Crippen LogP contribution in [0, 0.1) is 0 Å². The van der Waals surface area contributed by atoms with Gasteiger partial charge in [-0.3, -0.25) is 9.59 Å². The van der Waals surface area contributed by atoms with Gasteiger partial charge in [-0.1, -0.05) is 0 Å². The maximum absolute atomic E-state index is 12.5. The number of hydrogen-bond acceptors (Lipinski definition) is 4. The van der Waals surface area contributed by atoms with E-state index in [-0.39, 0.29) is 18.6 Å². The summed E-state index contributed by atoms with van der Waals surface area (Å²) < 4.78 is 10.5. The molecule has 3 rings (SSSR count). The van der Waals surface area contributed by atoms with Crippen molar-refractivity contribution in [1.82, 2.24) is 9.80 Å². The van der Waals surface area contributed by atoms with Crippen molar-refractivity contribution in [3.8, 4) is 11.5 Å². The third-order valence-corrected chi connectivity index (χ3v) is 3.53. The second kappa shape index (κ2) is 5.47. The molecule has 0 aliphatic carbocycles. The zero-order valence-electron chi connectivity index (χ0n) is 11.7. The molecule has 21 heavy (non-hydrogen) atoms. The van der Waals surface area contributed by atoms with Crippen LogP contribution < -0.4 is 9.47 Å². The molecular weight excluding hydrogens is 272 g/mol. The number of hydrogen-bond donors (Lipinski definition) is 0. The molecule has 6 nitrogen and oxygen atoms in total. The summed E-state index contributed by atoms with van der Waals surface area (Å²) in [5, 5.41) is 0. The van der Waals surface area contributed by atoms with E-state index in [1.54, 1.807) is 34.2 Å². The average molecular weight is 288 g/mol. The van der Waals surface area contributed by atoms with Gasteiger partial charge in [-0.2, -0.15) is 0 Å². The lowest BCUT2D eigenvalue weighted by Crippen LogP contribution is -2.36. The van der Waals surface area contributed by atoms with Crippen molar-refractivity contribution in [3.63, 3.8) is 0 Å². The van der Waals surface area contributed by atoms with Crippen LogP contribution in [0.5, 0.6) is 11.5 Å². The fourth-order valence-corrected chi connectivity index (χ4v) is 2.35. The number of ether oxygens (including phenoxy) is 2. The van der Waals surface area contributed by atoms with E-state index in [1.165, 1.54) is 6.92 Å². The second-order valence-electron chi connectivity index (χ2n) is 4.92. The molecule has 2 amide bonds. The number of benzene rings is 1. The van der Waals surface area contributed by atoms with Gasteiger partial charge in [0, 0.05) is 38.3 Å². The van der Waals surface area contributed by atoms with Crippen LogP contribution in [0.1, 0.15) is 17.3 Å². The molecule has 0 aromatic heterocycles. The quantitative estimate of drug-likeness (QED) is 0.780. The van der Waals surface area contributed by atoms with E-state index in [4.69, 9.17) is 9.47 Å². The first-order valence-corrected chi connectivity index (χ1v) is 6.78. The third-order valence-electron chi connectivity index (χ3n) is 3.53. The SMILES string of the molecule is CC(=O)N1C=CCN(C(=O)c2ccc3c(c2)OCO3)CC1. The van der Waals surface area contributed by atoms with Crippen LogP contribution >= 0.6 is 0 Å². The molecule has 110 valence electrons. The standard InChI is InChI=1S/C15H16N2O4/c1-11(18)16-5-2-6-17(8-7-16)15(19)12-3-4-13-14(9-12)21-10-20-13/h2-5,9H,6-8,10H2,1H3. The number of carbonyl (C=O) groups is 2. The molecule has 0 saturated carbocycles. The molecule has 0 saturated heterocycles. The van der Waals surface area contributed by atoms with Crippen molar-refractivity contribution in [3.05, 3.63) is 36.0 Å². The zero-order chi connectivity index (χ0) is 14.8.